The first kappa shape index (κ1) is 23.1. The van der Waals surface area contributed by atoms with Crippen LogP contribution in [0.1, 0.15) is 16.8 Å². The van der Waals surface area contributed by atoms with Gasteiger partial charge in [0.15, 0.2) is 0 Å². The largest absolute Gasteiger partial charge is 0.411 e. The van der Waals surface area contributed by atoms with Gasteiger partial charge < -0.3 is 9.64 Å². The normalized spacial score (nSPS) is 15.5. The van der Waals surface area contributed by atoms with E-state index in [1.807, 2.05) is 4.90 Å². The van der Waals surface area contributed by atoms with Crippen molar-refractivity contribution in [3.63, 3.8) is 0 Å². The van der Waals surface area contributed by atoms with E-state index in [2.05, 4.69) is 9.84 Å². The molecule has 1 aliphatic rings. The van der Waals surface area contributed by atoms with Crippen LogP contribution in [-0.4, -0.2) is 77.6 Å². The molecule has 11 heteroatoms. The van der Waals surface area contributed by atoms with Gasteiger partial charge >= 0.3 is 6.18 Å². The molecule has 0 unspecified atom stereocenters. The summed E-state index contributed by atoms with van der Waals surface area (Å²) in [6, 6.07) is 3.11. The number of nitrogens with zero attached hydrogens (tertiary/aromatic N) is 4. The van der Waals surface area contributed by atoms with Crippen LogP contribution >= 0.6 is 0 Å². The summed E-state index contributed by atoms with van der Waals surface area (Å²) in [5.74, 6) is -1.82. The SMILES string of the molecule is Cn1cc(C(=O)N2CCN(CCCOCC(F)(F)F)CC2)c(-c2ccc(F)cc2F)n1. The number of ether oxygens (including phenoxy) is 1. The van der Waals surface area contributed by atoms with Crippen LogP contribution in [0.2, 0.25) is 0 Å². The van der Waals surface area contributed by atoms with Crippen molar-refractivity contribution in [3.05, 3.63) is 41.6 Å². The molecule has 0 aliphatic carbocycles. The fraction of sp³-hybridized carbons (Fsp3) is 0.500. The number of halogens is 5. The highest BCUT2D eigenvalue weighted by molar-refractivity contribution is 6.00. The van der Waals surface area contributed by atoms with E-state index in [1.165, 1.54) is 16.9 Å². The molecule has 6 nitrogen and oxygen atoms in total. The topological polar surface area (TPSA) is 50.6 Å². The van der Waals surface area contributed by atoms with Crippen LogP contribution in [0.25, 0.3) is 11.3 Å². The monoisotopic (exact) mass is 446 g/mol. The maximum Gasteiger partial charge on any atom is 0.411 e. The second kappa shape index (κ2) is 9.73. The van der Waals surface area contributed by atoms with Crippen molar-refractivity contribution in [1.29, 1.82) is 0 Å². The Labute approximate surface area is 176 Å². The van der Waals surface area contributed by atoms with Crippen molar-refractivity contribution in [2.24, 2.45) is 7.05 Å². The van der Waals surface area contributed by atoms with E-state index in [9.17, 15) is 26.7 Å². The third-order valence-electron chi connectivity index (χ3n) is 4.93. The molecule has 1 amide bonds. The van der Waals surface area contributed by atoms with Gasteiger partial charge in [-0.2, -0.15) is 18.3 Å². The molecule has 170 valence electrons. The van der Waals surface area contributed by atoms with Crippen molar-refractivity contribution in [1.82, 2.24) is 19.6 Å². The Morgan fingerprint density at radius 3 is 2.52 bits per heavy atom. The lowest BCUT2D eigenvalue weighted by molar-refractivity contribution is -0.174. The summed E-state index contributed by atoms with van der Waals surface area (Å²) in [4.78, 5) is 16.7. The van der Waals surface area contributed by atoms with Crippen LogP contribution in [0.4, 0.5) is 22.0 Å². The van der Waals surface area contributed by atoms with Crippen molar-refractivity contribution >= 4 is 5.91 Å². The lowest BCUT2D eigenvalue weighted by Gasteiger charge is -2.34. The van der Waals surface area contributed by atoms with Gasteiger partial charge in [0, 0.05) is 64.2 Å². The van der Waals surface area contributed by atoms with Gasteiger partial charge in [0.1, 0.15) is 23.9 Å². The maximum atomic E-state index is 14.2. The number of benzene rings is 1. The number of rotatable bonds is 7. The molecule has 31 heavy (non-hydrogen) atoms. The maximum absolute atomic E-state index is 14.2. The number of carbonyl (C=O) groups is 1. The number of amides is 1. The minimum atomic E-state index is -4.33. The highest BCUT2D eigenvalue weighted by atomic mass is 19.4. The predicted molar refractivity (Wildman–Crippen MR) is 102 cm³/mol. The van der Waals surface area contributed by atoms with Crippen LogP contribution in [0.5, 0.6) is 0 Å². The summed E-state index contributed by atoms with van der Waals surface area (Å²) < 4.78 is 69.6. The number of carbonyl (C=O) groups excluding carboxylic acids is 1. The van der Waals surface area contributed by atoms with Gasteiger partial charge in [0.25, 0.3) is 5.91 Å². The molecular weight excluding hydrogens is 423 g/mol. The lowest BCUT2D eigenvalue weighted by atomic mass is 10.1. The van der Waals surface area contributed by atoms with Crippen LogP contribution in [0.15, 0.2) is 24.4 Å². The molecule has 0 saturated carbocycles. The smallest absolute Gasteiger partial charge is 0.372 e. The Morgan fingerprint density at radius 1 is 1.16 bits per heavy atom. The van der Waals surface area contributed by atoms with Gasteiger partial charge in [-0.3, -0.25) is 14.4 Å². The Morgan fingerprint density at radius 2 is 1.87 bits per heavy atom. The van der Waals surface area contributed by atoms with Gasteiger partial charge in [0.2, 0.25) is 0 Å². The quantitative estimate of drug-likeness (QED) is 0.485. The molecule has 0 bridgehead atoms. The third kappa shape index (κ3) is 6.23. The lowest BCUT2D eigenvalue weighted by Crippen LogP contribution is -2.49. The average molecular weight is 446 g/mol. The van der Waals surface area contributed by atoms with Gasteiger partial charge in [-0.25, -0.2) is 8.78 Å². The fourth-order valence-corrected chi connectivity index (χ4v) is 3.45. The van der Waals surface area contributed by atoms with Crippen molar-refractivity contribution in [2.45, 2.75) is 12.6 Å². The number of aryl methyl sites for hydroxylation is 1. The van der Waals surface area contributed by atoms with Gasteiger partial charge in [-0.05, 0) is 18.6 Å². The predicted octanol–water partition coefficient (Wildman–Crippen LogP) is 3.09. The molecule has 1 saturated heterocycles. The second-order valence-electron chi connectivity index (χ2n) is 7.34. The van der Waals surface area contributed by atoms with Crippen LogP contribution in [-0.2, 0) is 11.8 Å². The fourth-order valence-electron chi connectivity index (χ4n) is 3.45. The van der Waals surface area contributed by atoms with E-state index in [0.29, 0.717) is 39.1 Å². The van der Waals surface area contributed by atoms with Crippen LogP contribution in [0.3, 0.4) is 0 Å². The zero-order valence-corrected chi connectivity index (χ0v) is 17.0. The Kier molecular flexibility index (Phi) is 7.26. The highest BCUT2D eigenvalue weighted by Gasteiger charge is 2.28. The molecule has 1 aromatic heterocycles. The Bertz CT molecular complexity index is 907. The van der Waals surface area contributed by atoms with E-state index in [-0.39, 0.29) is 29.3 Å². The van der Waals surface area contributed by atoms with E-state index in [0.717, 1.165) is 12.1 Å². The Balaban J connectivity index is 1.56. The molecule has 0 radical (unpaired) electrons. The summed E-state index contributed by atoms with van der Waals surface area (Å²) in [5.41, 5.74) is 0.416. The van der Waals surface area contributed by atoms with Gasteiger partial charge in [-0.15, -0.1) is 0 Å². The van der Waals surface area contributed by atoms with E-state index in [4.69, 9.17) is 0 Å². The van der Waals surface area contributed by atoms with E-state index >= 15 is 0 Å². The van der Waals surface area contributed by atoms with E-state index < -0.39 is 24.4 Å². The number of hydrogen-bond acceptors (Lipinski definition) is 4. The first-order chi connectivity index (χ1) is 14.6. The standard InChI is InChI=1S/C20H23F5N4O2/c1-27-12-16(18(26-27)15-4-3-14(21)11-17(15)22)19(30)29-8-6-28(7-9-29)5-2-10-31-13-20(23,24)25/h3-4,11-12H,2,5-10,13H2,1H3. The Hall–Kier alpha value is -2.53. The van der Waals surface area contributed by atoms with Crippen LogP contribution in [0, 0.1) is 11.6 Å². The number of aromatic nitrogens is 2. The second-order valence-corrected chi connectivity index (χ2v) is 7.34. The minimum Gasteiger partial charge on any atom is -0.372 e. The highest BCUT2D eigenvalue weighted by Crippen LogP contribution is 2.26. The third-order valence-corrected chi connectivity index (χ3v) is 4.93. The minimum absolute atomic E-state index is 0.0148. The van der Waals surface area contributed by atoms with Crippen molar-refractivity contribution in [2.75, 3.05) is 45.9 Å². The summed E-state index contributed by atoms with van der Waals surface area (Å²) in [5, 5.41) is 4.18. The van der Waals surface area contributed by atoms with Gasteiger partial charge in [-0.1, -0.05) is 0 Å². The molecule has 3 rings (SSSR count). The molecule has 1 aromatic carbocycles. The zero-order valence-electron chi connectivity index (χ0n) is 17.0. The summed E-state index contributed by atoms with van der Waals surface area (Å²) in [7, 11) is 1.61. The van der Waals surface area contributed by atoms with Crippen molar-refractivity contribution in [3.8, 4) is 11.3 Å². The molecule has 1 fully saturated rings. The van der Waals surface area contributed by atoms with Crippen LogP contribution < -0.4 is 0 Å². The number of alkyl halides is 3. The van der Waals surface area contributed by atoms with E-state index in [1.54, 1.807) is 11.9 Å². The molecule has 0 atom stereocenters. The molecule has 2 heterocycles. The molecular formula is C20H23F5N4O2. The summed E-state index contributed by atoms with van der Waals surface area (Å²) >= 11 is 0. The number of piperazine rings is 1. The first-order valence-corrected chi connectivity index (χ1v) is 9.79. The molecule has 0 N–H and O–H groups in total. The number of hydrogen-bond donors (Lipinski definition) is 0. The van der Waals surface area contributed by atoms with Gasteiger partial charge in [0.05, 0.1) is 5.56 Å². The van der Waals surface area contributed by atoms with Crippen molar-refractivity contribution < 1.29 is 31.5 Å². The molecule has 0 spiro atoms. The summed E-state index contributed by atoms with van der Waals surface area (Å²) in [6.07, 6.45) is -2.36. The first-order valence-electron chi connectivity index (χ1n) is 9.79. The molecule has 2 aromatic rings. The molecule has 1 aliphatic heterocycles. The zero-order chi connectivity index (χ0) is 22.6. The summed E-state index contributed by atoms with van der Waals surface area (Å²) in [6.45, 7) is 1.29. The average Bonchev–Trinajstić information content (AvgIpc) is 3.08.